The minimum atomic E-state index is -0.278. The van der Waals surface area contributed by atoms with Crippen LogP contribution in [0.15, 0.2) is 0 Å². The van der Waals surface area contributed by atoms with E-state index in [9.17, 15) is 9.59 Å². The largest absolute Gasteiger partial charge is 0.469 e. The van der Waals surface area contributed by atoms with E-state index in [2.05, 4.69) is 10.1 Å². The highest BCUT2D eigenvalue weighted by Gasteiger charge is 2.25. The molecule has 0 saturated carbocycles. The molecule has 1 heterocycles. The molecule has 4 nitrogen and oxygen atoms in total. The molecule has 62 valence electrons. The Kier molecular flexibility index (Phi) is 2.46. The van der Waals surface area contributed by atoms with Gasteiger partial charge >= 0.3 is 5.97 Å². The molecule has 0 aromatic heterocycles. The van der Waals surface area contributed by atoms with Crippen molar-refractivity contribution in [3.8, 4) is 0 Å². The highest BCUT2D eigenvalue weighted by Crippen LogP contribution is 2.13. The lowest BCUT2D eigenvalue weighted by Gasteiger charge is -2.19. The molecule has 1 fully saturated rings. The van der Waals surface area contributed by atoms with Crippen molar-refractivity contribution in [1.29, 1.82) is 0 Å². The maximum absolute atomic E-state index is 10.9. The van der Waals surface area contributed by atoms with E-state index in [1.54, 1.807) is 0 Å². The van der Waals surface area contributed by atoms with Gasteiger partial charge in [0.15, 0.2) is 0 Å². The summed E-state index contributed by atoms with van der Waals surface area (Å²) in [6, 6.07) is 0. The number of methoxy groups -OCH3 is 1. The Morgan fingerprint density at radius 3 is 3.00 bits per heavy atom. The van der Waals surface area contributed by atoms with Crippen molar-refractivity contribution in [2.75, 3.05) is 13.7 Å². The van der Waals surface area contributed by atoms with Gasteiger partial charge in [-0.3, -0.25) is 9.59 Å². The third-order valence-electron chi connectivity index (χ3n) is 1.78. The first-order valence-corrected chi connectivity index (χ1v) is 3.58. The fourth-order valence-corrected chi connectivity index (χ4v) is 1.15. The monoisotopic (exact) mass is 157 g/mol. The third-order valence-corrected chi connectivity index (χ3v) is 1.78. The second-order valence-electron chi connectivity index (χ2n) is 2.56. The zero-order valence-electron chi connectivity index (χ0n) is 6.42. The quantitative estimate of drug-likeness (QED) is 0.531. The predicted molar refractivity (Wildman–Crippen MR) is 37.7 cm³/mol. The molecule has 0 aliphatic carbocycles. The number of rotatable bonds is 1. The summed E-state index contributed by atoms with van der Waals surface area (Å²) in [6.07, 6.45) is 0.963. The van der Waals surface area contributed by atoms with Gasteiger partial charge < -0.3 is 10.1 Å². The van der Waals surface area contributed by atoms with E-state index in [4.69, 9.17) is 0 Å². The van der Waals surface area contributed by atoms with Crippen LogP contribution in [0.25, 0.3) is 0 Å². The minimum Gasteiger partial charge on any atom is -0.469 e. The standard InChI is InChI=1S/C7H11NO3/c1-11-7(10)5-2-3-8-6(9)4-5/h5H,2-4H2,1H3,(H,8,9)/t5-/m1/s1. The van der Waals surface area contributed by atoms with Crippen LogP contribution in [0.2, 0.25) is 0 Å². The highest BCUT2D eigenvalue weighted by atomic mass is 16.5. The first-order valence-electron chi connectivity index (χ1n) is 3.58. The number of piperidine rings is 1. The summed E-state index contributed by atoms with van der Waals surface area (Å²) in [7, 11) is 1.34. The van der Waals surface area contributed by atoms with Crippen molar-refractivity contribution in [2.24, 2.45) is 5.92 Å². The average Bonchev–Trinajstić information content (AvgIpc) is 2.03. The molecule has 0 unspecified atom stereocenters. The van der Waals surface area contributed by atoms with Crippen molar-refractivity contribution in [2.45, 2.75) is 12.8 Å². The molecule has 0 aromatic rings. The molecule has 1 atom stereocenters. The van der Waals surface area contributed by atoms with E-state index in [-0.39, 0.29) is 24.2 Å². The Hall–Kier alpha value is -1.06. The summed E-state index contributed by atoms with van der Waals surface area (Å²) in [6.45, 7) is 0.582. The summed E-state index contributed by atoms with van der Waals surface area (Å²) in [4.78, 5) is 21.7. The molecule has 0 bridgehead atoms. The molecular weight excluding hydrogens is 146 g/mol. The van der Waals surface area contributed by atoms with Crippen LogP contribution in [0.5, 0.6) is 0 Å². The number of hydrogen-bond acceptors (Lipinski definition) is 3. The first kappa shape index (κ1) is 8.04. The fraction of sp³-hybridized carbons (Fsp3) is 0.714. The maximum atomic E-state index is 10.9. The van der Waals surface area contributed by atoms with Gasteiger partial charge in [0.1, 0.15) is 0 Å². The third kappa shape index (κ3) is 1.93. The lowest BCUT2D eigenvalue weighted by atomic mass is 9.98. The van der Waals surface area contributed by atoms with E-state index in [1.807, 2.05) is 0 Å². The molecule has 1 aliphatic rings. The summed E-state index contributed by atoms with van der Waals surface area (Å²) in [5.74, 6) is -0.569. The van der Waals surface area contributed by atoms with Gasteiger partial charge in [-0.2, -0.15) is 0 Å². The SMILES string of the molecule is COC(=O)[C@@H]1CCNC(=O)C1. The molecule has 1 N–H and O–H groups in total. The number of nitrogens with one attached hydrogen (secondary N) is 1. The van der Waals surface area contributed by atoms with Gasteiger partial charge in [-0.1, -0.05) is 0 Å². The van der Waals surface area contributed by atoms with Gasteiger partial charge in [-0.15, -0.1) is 0 Å². The molecule has 0 radical (unpaired) electrons. The number of hydrogen-bond donors (Lipinski definition) is 1. The van der Waals surface area contributed by atoms with Crippen LogP contribution in [-0.4, -0.2) is 25.5 Å². The molecule has 1 amide bonds. The van der Waals surface area contributed by atoms with E-state index in [0.717, 1.165) is 0 Å². The molecule has 0 aromatic carbocycles. The summed E-state index contributed by atoms with van der Waals surface area (Å²) >= 11 is 0. The predicted octanol–water partition coefficient (Wildman–Crippen LogP) is -0.314. The zero-order valence-corrected chi connectivity index (χ0v) is 6.42. The Labute approximate surface area is 64.9 Å². The van der Waals surface area contributed by atoms with Crippen LogP contribution in [0.1, 0.15) is 12.8 Å². The molecular formula is C7H11NO3. The number of carbonyl (C=O) groups is 2. The van der Waals surface area contributed by atoms with Crippen LogP contribution in [-0.2, 0) is 14.3 Å². The van der Waals surface area contributed by atoms with Crippen LogP contribution >= 0.6 is 0 Å². The Morgan fingerprint density at radius 1 is 1.73 bits per heavy atom. The number of esters is 1. The Morgan fingerprint density at radius 2 is 2.45 bits per heavy atom. The number of carbonyl (C=O) groups excluding carboxylic acids is 2. The van der Waals surface area contributed by atoms with Gasteiger partial charge in [-0.25, -0.2) is 0 Å². The molecule has 11 heavy (non-hydrogen) atoms. The smallest absolute Gasteiger partial charge is 0.309 e. The lowest BCUT2D eigenvalue weighted by molar-refractivity contribution is -0.148. The summed E-state index contributed by atoms with van der Waals surface area (Å²) in [5, 5.41) is 2.64. The van der Waals surface area contributed by atoms with Gasteiger partial charge in [0, 0.05) is 13.0 Å². The molecule has 1 rings (SSSR count). The number of ether oxygens (including phenoxy) is 1. The Balaban J connectivity index is 2.45. The maximum Gasteiger partial charge on any atom is 0.309 e. The first-order chi connectivity index (χ1) is 5.24. The van der Waals surface area contributed by atoms with Crippen LogP contribution in [0, 0.1) is 5.92 Å². The normalized spacial score (nSPS) is 24.1. The second kappa shape index (κ2) is 3.37. The van der Waals surface area contributed by atoms with Crippen LogP contribution in [0.3, 0.4) is 0 Å². The molecule has 1 aliphatic heterocycles. The van der Waals surface area contributed by atoms with Gasteiger partial charge in [0.2, 0.25) is 5.91 Å². The van der Waals surface area contributed by atoms with E-state index >= 15 is 0 Å². The topological polar surface area (TPSA) is 55.4 Å². The van der Waals surface area contributed by atoms with Gasteiger partial charge in [0.05, 0.1) is 13.0 Å². The van der Waals surface area contributed by atoms with Crippen molar-refractivity contribution in [3.05, 3.63) is 0 Å². The van der Waals surface area contributed by atoms with Crippen molar-refractivity contribution in [3.63, 3.8) is 0 Å². The van der Waals surface area contributed by atoms with E-state index < -0.39 is 0 Å². The zero-order chi connectivity index (χ0) is 8.27. The number of amides is 1. The van der Waals surface area contributed by atoms with E-state index in [0.29, 0.717) is 13.0 Å². The minimum absolute atomic E-state index is 0.0633. The van der Waals surface area contributed by atoms with Crippen LogP contribution < -0.4 is 5.32 Å². The Bertz CT molecular complexity index is 179. The van der Waals surface area contributed by atoms with Crippen molar-refractivity contribution < 1.29 is 14.3 Å². The average molecular weight is 157 g/mol. The van der Waals surface area contributed by atoms with Crippen molar-refractivity contribution in [1.82, 2.24) is 5.32 Å². The summed E-state index contributed by atoms with van der Waals surface area (Å²) in [5.41, 5.74) is 0. The van der Waals surface area contributed by atoms with Gasteiger partial charge in [-0.05, 0) is 6.42 Å². The summed E-state index contributed by atoms with van der Waals surface area (Å²) < 4.78 is 4.52. The highest BCUT2D eigenvalue weighted by molar-refractivity contribution is 5.84. The fourth-order valence-electron chi connectivity index (χ4n) is 1.15. The van der Waals surface area contributed by atoms with Crippen LogP contribution in [0.4, 0.5) is 0 Å². The molecule has 1 saturated heterocycles. The molecule has 4 heteroatoms. The van der Waals surface area contributed by atoms with Crippen molar-refractivity contribution >= 4 is 11.9 Å². The van der Waals surface area contributed by atoms with E-state index in [1.165, 1.54) is 7.11 Å². The lowest BCUT2D eigenvalue weighted by Crippen LogP contribution is -2.36. The molecule has 0 spiro atoms. The second-order valence-corrected chi connectivity index (χ2v) is 2.56. The van der Waals surface area contributed by atoms with Gasteiger partial charge in [0.25, 0.3) is 0 Å².